The molecule has 0 rings (SSSR count). The largest absolute Gasteiger partial charge is 0.379 e. The Kier molecular flexibility index (Phi) is 8.01. The van der Waals surface area contributed by atoms with Gasteiger partial charge in [-0.15, -0.1) is 0 Å². The summed E-state index contributed by atoms with van der Waals surface area (Å²) in [5.74, 6) is -0.281. The number of hydrogen-bond donors (Lipinski definition) is 1. The highest BCUT2D eigenvalue weighted by Gasteiger charge is 2.52. The van der Waals surface area contributed by atoms with E-state index in [0.29, 0.717) is 0 Å². The van der Waals surface area contributed by atoms with Crippen LogP contribution in [0.4, 0.5) is 0 Å². The van der Waals surface area contributed by atoms with E-state index in [1.807, 2.05) is 0 Å². The number of carbonyl (C=O) groups excluding carboxylic acids is 1. The molecule has 0 aliphatic heterocycles. The molecule has 0 bridgehead atoms. The van der Waals surface area contributed by atoms with Crippen molar-refractivity contribution in [3.63, 3.8) is 0 Å². The second-order valence-electron chi connectivity index (χ2n) is 4.33. The summed E-state index contributed by atoms with van der Waals surface area (Å²) in [5, 5.41) is 8.57. The molecule has 0 radical (unpaired) electrons. The first-order valence-electron chi connectivity index (χ1n) is 6.44. The van der Waals surface area contributed by atoms with Gasteiger partial charge in [-0.25, -0.2) is 0 Å². The minimum Gasteiger partial charge on any atom is -0.379 e. The average molecular weight is 296 g/mol. The molecule has 0 saturated carbocycles. The standard InChI is InChI=1S/C12H25O6P/c1-6-16-11(17-7-2)19(15,18-8-3)12(5,14)9-10(4)13/h11,14H,6-9H2,1-5H3/t12-,19+/m1/s1. The third-order valence-corrected chi connectivity index (χ3v) is 5.47. The maximum absolute atomic E-state index is 13.0. The molecule has 0 fully saturated rings. The molecule has 1 N–H and O–H groups in total. The Hall–Kier alpha value is -0.260. The van der Waals surface area contributed by atoms with Gasteiger partial charge in [-0.3, -0.25) is 9.36 Å². The van der Waals surface area contributed by atoms with Crippen LogP contribution in [-0.2, 0) is 23.4 Å². The van der Waals surface area contributed by atoms with E-state index in [1.165, 1.54) is 13.8 Å². The number of Topliss-reactive ketones (excluding diaryl/α,β-unsaturated/α-hetero) is 1. The molecule has 0 saturated heterocycles. The van der Waals surface area contributed by atoms with E-state index in [1.54, 1.807) is 20.8 Å². The van der Waals surface area contributed by atoms with Gasteiger partial charge < -0.3 is 19.1 Å². The van der Waals surface area contributed by atoms with Gasteiger partial charge >= 0.3 is 0 Å². The summed E-state index contributed by atoms with van der Waals surface area (Å²) in [6.07, 6.45) is -0.277. The maximum atomic E-state index is 13.0. The Morgan fingerprint density at radius 1 is 1.21 bits per heavy atom. The highest BCUT2D eigenvalue weighted by atomic mass is 31.2. The van der Waals surface area contributed by atoms with E-state index in [4.69, 9.17) is 14.0 Å². The maximum Gasteiger partial charge on any atom is 0.288 e. The molecule has 0 spiro atoms. The molecule has 6 nitrogen and oxygen atoms in total. The average Bonchev–Trinajstić information content (AvgIpc) is 2.27. The molecule has 0 aliphatic rings. The van der Waals surface area contributed by atoms with E-state index in [2.05, 4.69) is 0 Å². The third-order valence-electron chi connectivity index (χ3n) is 2.47. The quantitative estimate of drug-likeness (QED) is 0.492. The van der Waals surface area contributed by atoms with Crippen LogP contribution in [0.1, 0.15) is 41.0 Å². The van der Waals surface area contributed by atoms with Crippen molar-refractivity contribution in [1.82, 2.24) is 0 Å². The molecular formula is C12H25O6P. The zero-order chi connectivity index (χ0) is 15.1. The molecule has 0 amide bonds. The Balaban J connectivity index is 5.40. The Labute approximate surface area is 114 Å². The Morgan fingerprint density at radius 2 is 1.68 bits per heavy atom. The zero-order valence-electron chi connectivity index (χ0n) is 12.3. The molecule has 19 heavy (non-hydrogen) atoms. The monoisotopic (exact) mass is 296 g/mol. The molecule has 0 heterocycles. The summed E-state index contributed by atoms with van der Waals surface area (Å²) in [4.78, 5) is 11.2. The van der Waals surface area contributed by atoms with Crippen LogP contribution in [0.15, 0.2) is 0 Å². The number of hydrogen-bond acceptors (Lipinski definition) is 6. The first-order valence-corrected chi connectivity index (χ1v) is 8.13. The fourth-order valence-corrected chi connectivity index (χ4v) is 4.10. The Morgan fingerprint density at radius 3 is 2.00 bits per heavy atom. The molecule has 7 heteroatoms. The lowest BCUT2D eigenvalue weighted by Gasteiger charge is -2.36. The lowest BCUT2D eigenvalue weighted by atomic mass is 10.2. The van der Waals surface area contributed by atoms with Gasteiger partial charge in [-0.2, -0.15) is 0 Å². The van der Waals surface area contributed by atoms with E-state index in [-0.39, 0.29) is 32.0 Å². The number of rotatable bonds is 10. The minimum absolute atomic E-state index is 0.127. The van der Waals surface area contributed by atoms with Crippen LogP contribution in [0.25, 0.3) is 0 Å². The highest BCUT2D eigenvalue weighted by molar-refractivity contribution is 7.60. The zero-order valence-corrected chi connectivity index (χ0v) is 13.2. The topological polar surface area (TPSA) is 82.1 Å². The van der Waals surface area contributed by atoms with Gasteiger partial charge in [0.25, 0.3) is 7.37 Å². The van der Waals surface area contributed by atoms with Crippen molar-refractivity contribution in [1.29, 1.82) is 0 Å². The molecule has 0 aliphatic carbocycles. The van der Waals surface area contributed by atoms with Crippen molar-refractivity contribution in [3.05, 3.63) is 0 Å². The predicted octanol–water partition coefficient (Wildman–Crippen LogP) is 2.35. The highest BCUT2D eigenvalue weighted by Crippen LogP contribution is 2.63. The van der Waals surface area contributed by atoms with Gasteiger partial charge in [0, 0.05) is 19.6 Å². The van der Waals surface area contributed by atoms with Crippen molar-refractivity contribution >= 4 is 13.2 Å². The number of ether oxygens (including phenoxy) is 2. The van der Waals surface area contributed by atoms with Crippen molar-refractivity contribution in [2.45, 2.75) is 52.4 Å². The van der Waals surface area contributed by atoms with Crippen molar-refractivity contribution in [2.75, 3.05) is 19.8 Å². The van der Waals surface area contributed by atoms with Gasteiger partial charge in [0.15, 0.2) is 0 Å². The van der Waals surface area contributed by atoms with Crippen LogP contribution in [0.5, 0.6) is 0 Å². The SMILES string of the molecule is CCOC(OCC)[P@](=O)(OCC)[C@@](C)(O)CC(C)=O. The van der Waals surface area contributed by atoms with Gasteiger partial charge in [0.05, 0.1) is 6.61 Å². The van der Waals surface area contributed by atoms with Gasteiger partial charge in [-0.1, -0.05) is 0 Å². The van der Waals surface area contributed by atoms with Crippen LogP contribution in [0.2, 0.25) is 0 Å². The predicted molar refractivity (Wildman–Crippen MR) is 72.2 cm³/mol. The Bertz CT molecular complexity index is 322. The van der Waals surface area contributed by atoms with Gasteiger partial charge in [0.1, 0.15) is 11.1 Å². The second-order valence-corrected chi connectivity index (χ2v) is 7.17. The van der Waals surface area contributed by atoms with Gasteiger partial charge in [0.2, 0.25) is 6.03 Å². The normalized spacial score (nSPS) is 18.1. The van der Waals surface area contributed by atoms with Crippen molar-refractivity contribution < 1.29 is 28.5 Å². The molecule has 0 aromatic carbocycles. The summed E-state index contributed by atoms with van der Waals surface area (Å²) in [7, 11) is -3.73. The minimum atomic E-state index is -3.73. The van der Waals surface area contributed by atoms with E-state index in [9.17, 15) is 14.5 Å². The molecule has 0 aromatic rings. The fraction of sp³-hybridized carbons (Fsp3) is 0.917. The van der Waals surface area contributed by atoms with Crippen molar-refractivity contribution in [3.8, 4) is 0 Å². The smallest absolute Gasteiger partial charge is 0.288 e. The summed E-state index contributed by atoms with van der Waals surface area (Å²) in [6, 6.07) is -1.17. The number of carbonyl (C=O) groups is 1. The summed E-state index contributed by atoms with van der Waals surface area (Å²) in [6.45, 7) is 8.39. The lowest BCUT2D eigenvalue weighted by Crippen LogP contribution is -2.35. The molecule has 0 aromatic heterocycles. The van der Waals surface area contributed by atoms with Crippen LogP contribution >= 0.6 is 7.37 Å². The first-order chi connectivity index (χ1) is 8.75. The fourth-order valence-electron chi connectivity index (χ4n) is 1.73. The van der Waals surface area contributed by atoms with Gasteiger partial charge in [-0.05, 0) is 34.6 Å². The first kappa shape index (κ1) is 18.7. The molecular weight excluding hydrogens is 271 g/mol. The number of ketones is 1. The number of aliphatic hydroxyl groups is 1. The molecule has 114 valence electrons. The summed E-state index contributed by atoms with van der Waals surface area (Å²) in [5.41, 5.74) is 0. The van der Waals surface area contributed by atoms with E-state index < -0.39 is 18.7 Å². The van der Waals surface area contributed by atoms with Crippen LogP contribution in [0, 0.1) is 0 Å². The summed E-state index contributed by atoms with van der Waals surface area (Å²) >= 11 is 0. The molecule has 0 unspecified atom stereocenters. The van der Waals surface area contributed by atoms with Crippen LogP contribution < -0.4 is 0 Å². The summed E-state index contributed by atoms with van der Waals surface area (Å²) < 4.78 is 28.8. The van der Waals surface area contributed by atoms with Crippen LogP contribution in [0.3, 0.4) is 0 Å². The lowest BCUT2D eigenvalue weighted by molar-refractivity contribution is -0.120. The van der Waals surface area contributed by atoms with E-state index >= 15 is 0 Å². The second kappa shape index (κ2) is 8.12. The van der Waals surface area contributed by atoms with E-state index in [0.717, 1.165) is 0 Å². The third kappa shape index (κ3) is 4.97. The van der Waals surface area contributed by atoms with Crippen molar-refractivity contribution in [2.24, 2.45) is 0 Å². The van der Waals surface area contributed by atoms with Crippen LogP contribution in [-0.4, -0.2) is 42.1 Å². The molecule has 2 atom stereocenters.